The Kier molecular flexibility index (Phi) is 7.17. The lowest BCUT2D eigenvalue weighted by Gasteiger charge is -2.21. The number of carbonyl (C=O) groups excluding carboxylic acids is 1. The summed E-state index contributed by atoms with van der Waals surface area (Å²) < 4.78 is 1.38. The van der Waals surface area contributed by atoms with E-state index in [1.165, 1.54) is 10.8 Å². The molecule has 6 heteroatoms. The predicted molar refractivity (Wildman–Crippen MR) is 125 cm³/mol. The van der Waals surface area contributed by atoms with Crippen LogP contribution in [0.15, 0.2) is 96.5 Å². The van der Waals surface area contributed by atoms with Gasteiger partial charge in [0.05, 0.1) is 12.2 Å². The summed E-state index contributed by atoms with van der Waals surface area (Å²) in [5, 5.41) is 5.82. The van der Waals surface area contributed by atoms with Gasteiger partial charge in [-0.15, -0.1) is 0 Å². The van der Waals surface area contributed by atoms with Gasteiger partial charge in [0, 0.05) is 12.6 Å². The topological polar surface area (TPSA) is 76.0 Å². The van der Waals surface area contributed by atoms with E-state index in [2.05, 4.69) is 28.8 Å². The molecule has 1 aromatic heterocycles. The van der Waals surface area contributed by atoms with E-state index >= 15 is 0 Å². The minimum absolute atomic E-state index is 0.165. The molecule has 1 unspecified atom stereocenters. The number of nitrogens with one attached hydrogen (secondary N) is 2. The highest BCUT2D eigenvalue weighted by molar-refractivity contribution is 5.77. The van der Waals surface area contributed by atoms with Crippen molar-refractivity contribution in [3.8, 4) is 11.4 Å². The number of amides is 1. The van der Waals surface area contributed by atoms with Crippen molar-refractivity contribution in [1.29, 1.82) is 0 Å². The number of carbonyl (C=O) groups is 1. The number of hydrogen-bond donors (Lipinski definition) is 2. The molecule has 158 valence electrons. The van der Waals surface area contributed by atoms with E-state index in [-0.39, 0.29) is 24.1 Å². The summed E-state index contributed by atoms with van der Waals surface area (Å²) in [6.07, 6.45) is 3.70. The zero-order valence-electron chi connectivity index (χ0n) is 17.5. The van der Waals surface area contributed by atoms with Crippen LogP contribution in [-0.2, 0) is 17.8 Å². The lowest BCUT2D eigenvalue weighted by atomic mass is 10.00. The molecule has 3 rings (SSSR count). The fourth-order valence-electron chi connectivity index (χ4n) is 3.28. The third-order valence-corrected chi connectivity index (χ3v) is 4.98. The molecule has 2 N–H and O–H groups in total. The molecule has 0 saturated heterocycles. The van der Waals surface area contributed by atoms with Crippen LogP contribution in [-0.4, -0.2) is 28.5 Å². The van der Waals surface area contributed by atoms with Gasteiger partial charge in [-0.3, -0.25) is 14.2 Å². The molecule has 0 aliphatic heterocycles. The molecule has 0 radical (unpaired) electrons. The fourth-order valence-corrected chi connectivity index (χ4v) is 3.28. The summed E-state index contributed by atoms with van der Waals surface area (Å²) in [7, 11) is 1.65. The van der Waals surface area contributed by atoms with Gasteiger partial charge in [0.2, 0.25) is 5.91 Å². The Morgan fingerprint density at radius 1 is 1.13 bits per heavy atom. The van der Waals surface area contributed by atoms with Crippen LogP contribution in [0.2, 0.25) is 0 Å². The van der Waals surface area contributed by atoms with Crippen molar-refractivity contribution >= 4 is 11.6 Å². The molecule has 1 heterocycles. The molecule has 0 aliphatic carbocycles. The van der Waals surface area contributed by atoms with Gasteiger partial charge < -0.3 is 10.6 Å². The maximum Gasteiger partial charge on any atom is 0.277 e. The molecule has 2 aromatic carbocycles. The highest BCUT2D eigenvalue weighted by Crippen LogP contribution is 2.16. The highest BCUT2D eigenvalue weighted by atomic mass is 16.2. The Bertz CT molecular complexity index is 1120. The van der Waals surface area contributed by atoms with Crippen LogP contribution in [0.4, 0.5) is 5.69 Å². The molecule has 0 bridgehead atoms. The van der Waals surface area contributed by atoms with Crippen molar-refractivity contribution in [3.05, 3.63) is 108 Å². The molecule has 0 aliphatic rings. The summed E-state index contributed by atoms with van der Waals surface area (Å²) in [5.41, 5.74) is 2.54. The third kappa shape index (κ3) is 5.36. The Hall–Kier alpha value is -3.93. The van der Waals surface area contributed by atoms with E-state index in [0.717, 1.165) is 11.1 Å². The van der Waals surface area contributed by atoms with Crippen molar-refractivity contribution in [1.82, 2.24) is 14.9 Å². The number of nitrogens with zero attached hydrogens (tertiary/aromatic N) is 2. The normalized spacial score (nSPS) is 11.4. The van der Waals surface area contributed by atoms with E-state index in [9.17, 15) is 9.59 Å². The summed E-state index contributed by atoms with van der Waals surface area (Å²) in [6.45, 7) is 7.63. The Morgan fingerprint density at radius 2 is 1.77 bits per heavy atom. The van der Waals surface area contributed by atoms with E-state index in [1.54, 1.807) is 13.1 Å². The van der Waals surface area contributed by atoms with Crippen molar-refractivity contribution in [2.75, 3.05) is 12.4 Å². The molecule has 1 amide bonds. The summed E-state index contributed by atoms with van der Waals surface area (Å²) in [5.74, 6) is 0.125. The largest absolute Gasteiger partial charge is 0.382 e. The molecular weight excluding hydrogens is 388 g/mol. The Labute approximate surface area is 182 Å². The van der Waals surface area contributed by atoms with Crippen LogP contribution in [0, 0.1) is 0 Å². The fraction of sp³-hybridized carbons (Fsp3) is 0.160. The number of benzene rings is 2. The van der Waals surface area contributed by atoms with Gasteiger partial charge in [-0.05, 0) is 17.6 Å². The van der Waals surface area contributed by atoms with Crippen LogP contribution in [0.1, 0.15) is 5.56 Å². The van der Waals surface area contributed by atoms with Crippen molar-refractivity contribution in [2.24, 2.45) is 0 Å². The first kappa shape index (κ1) is 21.8. The molecule has 3 aromatic rings. The third-order valence-electron chi connectivity index (χ3n) is 4.98. The second kappa shape index (κ2) is 10.2. The second-order valence-corrected chi connectivity index (χ2v) is 7.09. The van der Waals surface area contributed by atoms with Crippen LogP contribution in [0.5, 0.6) is 0 Å². The van der Waals surface area contributed by atoms with Gasteiger partial charge in [-0.1, -0.05) is 79.9 Å². The van der Waals surface area contributed by atoms with Gasteiger partial charge in [0.15, 0.2) is 0 Å². The minimum atomic E-state index is -0.330. The van der Waals surface area contributed by atoms with Crippen molar-refractivity contribution in [3.63, 3.8) is 0 Å². The van der Waals surface area contributed by atoms with Crippen LogP contribution < -0.4 is 16.2 Å². The Balaban J connectivity index is 1.88. The van der Waals surface area contributed by atoms with Crippen molar-refractivity contribution in [2.45, 2.75) is 19.0 Å². The summed E-state index contributed by atoms with van der Waals surface area (Å²) >= 11 is 0. The van der Waals surface area contributed by atoms with Gasteiger partial charge in [-0.2, -0.15) is 0 Å². The first-order valence-corrected chi connectivity index (χ1v) is 10.0. The van der Waals surface area contributed by atoms with Crippen LogP contribution in [0.25, 0.3) is 11.4 Å². The predicted octanol–water partition coefficient (Wildman–Crippen LogP) is 3.42. The first-order valence-electron chi connectivity index (χ1n) is 10.0. The monoisotopic (exact) mass is 414 g/mol. The van der Waals surface area contributed by atoms with Gasteiger partial charge in [0.1, 0.15) is 18.1 Å². The lowest BCUT2D eigenvalue weighted by Crippen LogP contribution is -2.41. The molecule has 0 spiro atoms. The molecular formula is C25H26N4O2. The lowest BCUT2D eigenvalue weighted by molar-refractivity contribution is -0.122. The van der Waals surface area contributed by atoms with E-state index < -0.39 is 0 Å². The van der Waals surface area contributed by atoms with E-state index in [1.807, 2.05) is 60.7 Å². The number of aromatic nitrogens is 2. The average Bonchev–Trinajstić information content (AvgIpc) is 2.80. The van der Waals surface area contributed by atoms with Gasteiger partial charge in [-0.25, -0.2) is 4.98 Å². The van der Waals surface area contributed by atoms with Crippen LogP contribution >= 0.6 is 0 Å². The van der Waals surface area contributed by atoms with Crippen LogP contribution in [0.3, 0.4) is 0 Å². The molecule has 1 atom stereocenters. The zero-order chi connectivity index (χ0) is 22.2. The maximum atomic E-state index is 13.0. The Morgan fingerprint density at radius 3 is 2.39 bits per heavy atom. The van der Waals surface area contributed by atoms with E-state index in [4.69, 9.17) is 0 Å². The maximum absolute atomic E-state index is 13.0. The minimum Gasteiger partial charge on any atom is -0.382 e. The van der Waals surface area contributed by atoms with Crippen molar-refractivity contribution < 1.29 is 4.79 Å². The zero-order valence-corrected chi connectivity index (χ0v) is 17.5. The summed E-state index contributed by atoms with van der Waals surface area (Å²) in [6, 6.07) is 18.8. The number of anilines is 1. The molecule has 31 heavy (non-hydrogen) atoms. The quantitative estimate of drug-likeness (QED) is 0.526. The second-order valence-electron chi connectivity index (χ2n) is 7.09. The molecule has 6 nitrogen and oxygen atoms in total. The summed E-state index contributed by atoms with van der Waals surface area (Å²) in [4.78, 5) is 30.3. The SMILES string of the molecule is C=CC(=C)C(Cc1ccccc1)NC(=O)Cn1c(-c2ccccc2)ncc(NC)c1=O. The standard InChI is InChI=1S/C25H26N4O2/c1-4-18(2)21(15-19-11-7-5-8-12-19)28-23(30)17-29-24(20-13-9-6-10-14-20)27-16-22(26-3)25(29)31/h4-14,16,21,26H,1-2,15,17H2,3H3,(H,28,30). The molecule has 0 fully saturated rings. The smallest absolute Gasteiger partial charge is 0.277 e. The van der Waals surface area contributed by atoms with Gasteiger partial charge >= 0.3 is 0 Å². The molecule has 0 saturated carbocycles. The van der Waals surface area contributed by atoms with E-state index in [0.29, 0.717) is 23.5 Å². The highest BCUT2D eigenvalue weighted by Gasteiger charge is 2.18. The number of hydrogen-bond acceptors (Lipinski definition) is 4. The van der Waals surface area contributed by atoms with Gasteiger partial charge in [0.25, 0.3) is 5.56 Å². The first-order chi connectivity index (χ1) is 15.0. The average molecular weight is 415 g/mol. The number of rotatable bonds is 9.